The predicted molar refractivity (Wildman–Crippen MR) is 58.0 cm³/mol. The van der Waals surface area contributed by atoms with Gasteiger partial charge in [0.25, 0.3) is 0 Å². The highest BCUT2D eigenvalue weighted by Crippen LogP contribution is 2.15. The average molecular weight is 209 g/mol. The molecule has 1 aromatic carbocycles. The number of aliphatic hydroxyl groups excluding tert-OH is 1. The van der Waals surface area contributed by atoms with Crippen molar-refractivity contribution in [2.45, 2.75) is 6.92 Å². The first-order valence-corrected chi connectivity index (χ1v) is 4.90. The third-order valence-electron chi connectivity index (χ3n) is 1.85. The second-order valence-corrected chi connectivity index (χ2v) is 2.92. The van der Waals surface area contributed by atoms with Crippen LogP contribution in [-0.2, 0) is 4.74 Å². The number of carbonyl (C=O) groups excluding carboxylic acids is 1. The van der Waals surface area contributed by atoms with E-state index in [1.165, 1.54) is 0 Å². The van der Waals surface area contributed by atoms with Crippen LogP contribution in [0, 0.1) is 0 Å². The quantitative estimate of drug-likeness (QED) is 0.717. The molecule has 0 aliphatic heterocycles. The number of aliphatic hydroxyl groups is 1. The van der Waals surface area contributed by atoms with E-state index in [1.807, 2.05) is 6.07 Å². The van der Waals surface area contributed by atoms with E-state index in [2.05, 4.69) is 5.32 Å². The van der Waals surface area contributed by atoms with Gasteiger partial charge >= 0.3 is 5.97 Å². The monoisotopic (exact) mass is 209 g/mol. The molecular formula is C11H15NO3. The highest BCUT2D eigenvalue weighted by molar-refractivity contribution is 5.95. The van der Waals surface area contributed by atoms with Crippen LogP contribution >= 0.6 is 0 Å². The molecule has 0 spiro atoms. The normalized spacial score (nSPS) is 9.73. The Morgan fingerprint density at radius 3 is 2.87 bits per heavy atom. The molecule has 0 heterocycles. The van der Waals surface area contributed by atoms with E-state index in [9.17, 15) is 4.79 Å². The van der Waals surface area contributed by atoms with Gasteiger partial charge in [-0.2, -0.15) is 0 Å². The summed E-state index contributed by atoms with van der Waals surface area (Å²) in [5, 5.41) is 11.6. The third-order valence-corrected chi connectivity index (χ3v) is 1.85. The van der Waals surface area contributed by atoms with Gasteiger partial charge in [-0.25, -0.2) is 4.79 Å². The molecule has 0 atom stereocenters. The molecule has 0 saturated heterocycles. The van der Waals surface area contributed by atoms with E-state index in [0.29, 0.717) is 24.4 Å². The summed E-state index contributed by atoms with van der Waals surface area (Å²) < 4.78 is 4.91. The molecule has 0 unspecified atom stereocenters. The number of para-hydroxylation sites is 1. The molecule has 2 N–H and O–H groups in total. The van der Waals surface area contributed by atoms with Crippen molar-refractivity contribution in [3.8, 4) is 0 Å². The van der Waals surface area contributed by atoms with Gasteiger partial charge in [-0.15, -0.1) is 0 Å². The van der Waals surface area contributed by atoms with Gasteiger partial charge in [0, 0.05) is 12.2 Å². The molecule has 0 aliphatic rings. The minimum atomic E-state index is -0.349. The molecule has 0 bridgehead atoms. The zero-order valence-electron chi connectivity index (χ0n) is 8.69. The van der Waals surface area contributed by atoms with Crippen molar-refractivity contribution in [3.63, 3.8) is 0 Å². The second kappa shape index (κ2) is 6.03. The summed E-state index contributed by atoms with van der Waals surface area (Å²) in [5.74, 6) is -0.349. The van der Waals surface area contributed by atoms with Crippen LogP contribution in [0.1, 0.15) is 17.3 Å². The van der Waals surface area contributed by atoms with Crippen LogP contribution < -0.4 is 5.32 Å². The first-order valence-electron chi connectivity index (χ1n) is 4.90. The van der Waals surface area contributed by atoms with Gasteiger partial charge in [0.05, 0.1) is 18.8 Å². The summed E-state index contributed by atoms with van der Waals surface area (Å²) in [6.07, 6.45) is 0. The van der Waals surface area contributed by atoms with Gasteiger partial charge in [-0.3, -0.25) is 0 Å². The molecule has 15 heavy (non-hydrogen) atoms. The largest absolute Gasteiger partial charge is 0.462 e. The zero-order chi connectivity index (χ0) is 11.1. The van der Waals surface area contributed by atoms with E-state index in [1.54, 1.807) is 25.1 Å². The molecule has 4 heteroatoms. The molecule has 0 radical (unpaired) electrons. The summed E-state index contributed by atoms with van der Waals surface area (Å²) in [7, 11) is 0. The number of anilines is 1. The maximum atomic E-state index is 11.5. The number of hydrogen-bond donors (Lipinski definition) is 2. The molecule has 82 valence electrons. The Morgan fingerprint density at radius 2 is 2.20 bits per heavy atom. The summed E-state index contributed by atoms with van der Waals surface area (Å²) in [4.78, 5) is 11.5. The molecule has 0 saturated carbocycles. The molecule has 4 nitrogen and oxygen atoms in total. The first kappa shape index (κ1) is 11.5. The van der Waals surface area contributed by atoms with E-state index in [0.717, 1.165) is 0 Å². The van der Waals surface area contributed by atoms with Gasteiger partial charge in [-0.1, -0.05) is 12.1 Å². The minimum absolute atomic E-state index is 0.0250. The minimum Gasteiger partial charge on any atom is -0.462 e. The number of nitrogens with one attached hydrogen (secondary N) is 1. The molecule has 1 rings (SSSR count). The van der Waals surface area contributed by atoms with Crippen LogP contribution in [-0.4, -0.2) is 30.8 Å². The fourth-order valence-electron chi connectivity index (χ4n) is 1.21. The van der Waals surface area contributed by atoms with Crippen molar-refractivity contribution in [3.05, 3.63) is 29.8 Å². The van der Waals surface area contributed by atoms with E-state index < -0.39 is 0 Å². The lowest BCUT2D eigenvalue weighted by molar-refractivity contribution is 0.0527. The number of rotatable bonds is 5. The van der Waals surface area contributed by atoms with Crippen LogP contribution in [0.15, 0.2) is 24.3 Å². The van der Waals surface area contributed by atoms with Gasteiger partial charge in [0.1, 0.15) is 0 Å². The van der Waals surface area contributed by atoms with Crippen LogP contribution in [0.3, 0.4) is 0 Å². The standard InChI is InChI=1S/C11H15NO3/c1-2-15-11(14)9-5-3-4-6-10(9)12-7-8-13/h3-6,12-13H,2,7-8H2,1H3. The molecule has 0 aromatic heterocycles. The molecule has 0 amide bonds. The molecule has 1 aromatic rings. The number of hydrogen-bond acceptors (Lipinski definition) is 4. The molecular weight excluding hydrogens is 194 g/mol. The maximum absolute atomic E-state index is 11.5. The van der Waals surface area contributed by atoms with Gasteiger partial charge in [-0.05, 0) is 19.1 Å². The van der Waals surface area contributed by atoms with Crippen molar-refractivity contribution in [1.82, 2.24) is 0 Å². The predicted octanol–water partition coefficient (Wildman–Crippen LogP) is 1.27. The van der Waals surface area contributed by atoms with E-state index in [-0.39, 0.29) is 12.6 Å². The SMILES string of the molecule is CCOC(=O)c1ccccc1NCCO. The van der Waals surface area contributed by atoms with Gasteiger partial charge in [0.15, 0.2) is 0 Å². The van der Waals surface area contributed by atoms with Crippen LogP contribution in [0.25, 0.3) is 0 Å². The lowest BCUT2D eigenvalue weighted by atomic mass is 10.2. The Morgan fingerprint density at radius 1 is 1.47 bits per heavy atom. The van der Waals surface area contributed by atoms with Crippen LogP contribution in [0.4, 0.5) is 5.69 Å². The summed E-state index contributed by atoms with van der Waals surface area (Å²) >= 11 is 0. The van der Waals surface area contributed by atoms with Crippen molar-refractivity contribution < 1.29 is 14.6 Å². The highest BCUT2D eigenvalue weighted by Gasteiger charge is 2.10. The average Bonchev–Trinajstić information content (AvgIpc) is 2.27. The Labute approximate surface area is 88.9 Å². The number of benzene rings is 1. The van der Waals surface area contributed by atoms with E-state index >= 15 is 0 Å². The topological polar surface area (TPSA) is 58.6 Å². The van der Waals surface area contributed by atoms with Crippen molar-refractivity contribution >= 4 is 11.7 Å². The molecule has 0 aliphatic carbocycles. The second-order valence-electron chi connectivity index (χ2n) is 2.92. The van der Waals surface area contributed by atoms with Gasteiger partial charge < -0.3 is 15.2 Å². The zero-order valence-corrected chi connectivity index (χ0v) is 8.69. The van der Waals surface area contributed by atoms with Crippen molar-refractivity contribution in [2.75, 3.05) is 25.1 Å². The fourth-order valence-corrected chi connectivity index (χ4v) is 1.21. The molecule has 0 fully saturated rings. The summed E-state index contributed by atoms with van der Waals surface area (Å²) in [6, 6.07) is 7.07. The highest BCUT2D eigenvalue weighted by atomic mass is 16.5. The summed E-state index contributed by atoms with van der Waals surface area (Å²) in [6.45, 7) is 2.56. The maximum Gasteiger partial charge on any atom is 0.340 e. The Kier molecular flexibility index (Phi) is 4.63. The third kappa shape index (κ3) is 3.25. The smallest absolute Gasteiger partial charge is 0.340 e. The van der Waals surface area contributed by atoms with Gasteiger partial charge in [0.2, 0.25) is 0 Å². The van der Waals surface area contributed by atoms with Crippen LogP contribution in [0.2, 0.25) is 0 Å². The Hall–Kier alpha value is -1.55. The van der Waals surface area contributed by atoms with E-state index in [4.69, 9.17) is 9.84 Å². The summed E-state index contributed by atoms with van der Waals surface area (Å²) in [5.41, 5.74) is 1.18. The van der Waals surface area contributed by atoms with Crippen molar-refractivity contribution in [1.29, 1.82) is 0 Å². The van der Waals surface area contributed by atoms with Crippen molar-refractivity contribution in [2.24, 2.45) is 0 Å². The number of esters is 1. The Bertz CT molecular complexity index is 325. The number of carbonyl (C=O) groups is 1. The lowest BCUT2D eigenvalue weighted by Crippen LogP contribution is -2.12. The first-order chi connectivity index (χ1) is 7.29. The van der Waals surface area contributed by atoms with Crippen LogP contribution in [0.5, 0.6) is 0 Å². The fraction of sp³-hybridized carbons (Fsp3) is 0.364. The lowest BCUT2D eigenvalue weighted by Gasteiger charge is -2.09. The Balaban J connectivity index is 2.80. The number of ether oxygens (including phenoxy) is 1.